The Kier molecular flexibility index (Phi) is 8.12. The van der Waals surface area contributed by atoms with Crippen LogP contribution in [0.2, 0.25) is 5.02 Å². The van der Waals surface area contributed by atoms with E-state index in [1.165, 1.54) is 5.56 Å². The molecule has 1 heterocycles. The van der Waals surface area contributed by atoms with Gasteiger partial charge >= 0.3 is 0 Å². The van der Waals surface area contributed by atoms with Gasteiger partial charge in [-0.05, 0) is 85.5 Å². The van der Waals surface area contributed by atoms with E-state index in [-0.39, 0.29) is 6.10 Å². The van der Waals surface area contributed by atoms with E-state index in [0.717, 1.165) is 53.5 Å². The molecule has 0 spiro atoms. The summed E-state index contributed by atoms with van der Waals surface area (Å²) in [6.45, 7) is 0.455. The zero-order valence-corrected chi connectivity index (χ0v) is 22.1. The fraction of sp³-hybridized carbons (Fsp3) is 0.323. The van der Waals surface area contributed by atoms with Crippen molar-refractivity contribution in [3.63, 3.8) is 0 Å². The van der Waals surface area contributed by atoms with Crippen molar-refractivity contribution in [3.8, 4) is 17.4 Å². The second-order valence-corrected chi connectivity index (χ2v) is 10.00. The summed E-state index contributed by atoms with van der Waals surface area (Å²) < 4.78 is 17.8. The van der Waals surface area contributed by atoms with Gasteiger partial charge in [-0.2, -0.15) is 0 Å². The second kappa shape index (κ2) is 11.8. The lowest BCUT2D eigenvalue weighted by atomic mass is 9.80. The van der Waals surface area contributed by atoms with Crippen LogP contribution in [0.25, 0.3) is 10.8 Å². The molecule has 5 rings (SSSR count). The van der Waals surface area contributed by atoms with E-state index >= 15 is 0 Å². The number of hydrogen-bond acceptors (Lipinski definition) is 5. The van der Waals surface area contributed by atoms with E-state index in [9.17, 15) is 0 Å². The van der Waals surface area contributed by atoms with E-state index in [4.69, 9.17) is 25.8 Å². The smallest absolute Gasteiger partial charge is 0.221 e. The molecule has 3 aromatic carbocycles. The van der Waals surface area contributed by atoms with Crippen LogP contribution in [0, 0.1) is 5.92 Å². The molecule has 1 unspecified atom stereocenters. The lowest BCUT2D eigenvalue weighted by Crippen LogP contribution is -2.32. The molecule has 1 aromatic heterocycles. The molecular weight excluding hydrogens is 484 g/mol. The van der Waals surface area contributed by atoms with Crippen molar-refractivity contribution in [2.24, 2.45) is 5.92 Å². The predicted molar refractivity (Wildman–Crippen MR) is 149 cm³/mol. The van der Waals surface area contributed by atoms with Crippen LogP contribution in [0.3, 0.4) is 0 Å². The summed E-state index contributed by atoms with van der Waals surface area (Å²) in [6.07, 6.45) is 6.09. The first-order valence-electron chi connectivity index (χ1n) is 12.9. The van der Waals surface area contributed by atoms with Crippen molar-refractivity contribution >= 4 is 22.4 Å². The van der Waals surface area contributed by atoms with Gasteiger partial charge in [-0.25, -0.2) is 4.98 Å². The number of benzene rings is 3. The average molecular weight is 517 g/mol. The number of rotatable bonds is 9. The Labute approximate surface area is 223 Å². The number of nitrogens with one attached hydrogen (secondary N) is 1. The number of ether oxygens (including phenoxy) is 3. The molecule has 1 aliphatic carbocycles. The van der Waals surface area contributed by atoms with Gasteiger partial charge in [0.1, 0.15) is 18.1 Å². The van der Waals surface area contributed by atoms with Crippen LogP contribution in [0.5, 0.6) is 17.4 Å². The maximum Gasteiger partial charge on any atom is 0.221 e. The molecular formula is C31H33ClN2O3. The third kappa shape index (κ3) is 6.00. The van der Waals surface area contributed by atoms with Gasteiger partial charge in [0.2, 0.25) is 5.88 Å². The number of hydrogen-bond donors (Lipinski definition) is 1. The maximum absolute atomic E-state index is 6.69. The third-order valence-corrected chi connectivity index (χ3v) is 7.56. The number of aromatic nitrogens is 1. The Morgan fingerprint density at radius 1 is 0.973 bits per heavy atom. The normalized spacial score (nSPS) is 18.4. The van der Waals surface area contributed by atoms with Gasteiger partial charge < -0.3 is 19.5 Å². The van der Waals surface area contributed by atoms with E-state index in [0.29, 0.717) is 29.5 Å². The predicted octanol–water partition coefficient (Wildman–Crippen LogP) is 7.37. The monoisotopic (exact) mass is 516 g/mol. The molecule has 6 heteroatoms. The molecule has 0 amide bonds. The number of methoxy groups -OCH3 is 1. The molecule has 1 fully saturated rings. The standard InChI is InChI=1S/C31H33ClN2O3/c1-33-30(22-8-12-25(35-2)13-9-22)23-10-14-26(15-11-23)37-29-18-24-16-17-34-31(27(24)19-28(29)32)36-20-21-6-4-3-5-7-21/h3-9,12-13,16-19,23,26,30,33H,10-11,14-15,20H2,1-2H3/t23-,26-,30?. The topological polar surface area (TPSA) is 52.6 Å². The van der Waals surface area contributed by atoms with Gasteiger partial charge in [-0.15, -0.1) is 0 Å². The molecule has 0 bridgehead atoms. The highest BCUT2D eigenvalue weighted by molar-refractivity contribution is 6.33. The highest BCUT2D eigenvalue weighted by Gasteiger charge is 2.29. The van der Waals surface area contributed by atoms with Crippen molar-refractivity contribution in [3.05, 3.63) is 95.1 Å². The first kappa shape index (κ1) is 25.4. The molecule has 5 nitrogen and oxygen atoms in total. The van der Waals surface area contributed by atoms with Gasteiger partial charge in [0, 0.05) is 17.6 Å². The first-order valence-corrected chi connectivity index (χ1v) is 13.2. The number of halogens is 1. The van der Waals surface area contributed by atoms with Crippen molar-refractivity contribution in [2.45, 2.75) is 44.4 Å². The Bertz CT molecular complexity index is 1310. The maximum atomic E-state index is 6.69. The van der Waals surface area contributed by atoms with E-state index in [1.807, 2.05) is 67.7 Å². The highest BCUT2D eigenvalue weighted by atomic mass is 35.5. The van der Waals surface area contributed by atoms with Crippen molar-refractivity contribution in [1.29, 1.82) is 0 Å². The average Bonchev–Trinajstić information content (AvgIpc) is 2.94. The van der Waals surface area contributed by atoms with Gasteiger partial charge in [0.05, 0.1) is 18.2 Å². The van der Waals surface area contributed by atoms with Crippen LogP contribution in [0.4, 0.5) is 0 Å². The molecule has 0 radical (unpaired) electrons. The molecule has 1 N–H and O–H groups in total. The molecule has 37 heavy (non-hydrogen) atoms. The van der Waals surface area contributed by atoms with Crippen molar-refractivity contribution in [2.75, 3.05) is 14.2 Å². The fourth-order valence-corrected chi connectivity index (χ4v) is 5.49. The van der Waals surface area contributed by atoms with Crippen LogP contribution < -0.4 is 19.5 Å². The van der Waals surface area contributed by atoms with Crippen LogP contribution in [0.1, 0.15) is 42.9 Å². The summed E-state index contributed by atoms with van der Waals surface area (Å²) in [4.78, 5) is 4.44. The molecule has 1 atom stereocenters. The lowest BCUT2D eigenvalue weighted by molar-refractivity contribution is 0.119. The summed E-state index contributed by atoms with van der Waals surface area (Å²) >= 11 is 6.69. The molecule has 0 aliphatic heterocycles. The van der Waals surface area contributed by atoms with Gasteiger partial charge in [0.25, 0.3) is 0 Å². The van der Waals surface area contributed by atoms with Gasteiger partial charge in [-0.1, -0.05) is 54.1 Å². The van der Waals surface area contributed by atoms with Crippen molar-refractivity contribution in [1.82, 2.24) is 10.3 Å². The Hall–Kier alpha value is -3.28. The molecule has 1 saturated carbocycles. The minimum Gasteiger partial charge on any atom is -0.497 e. The first-order chi connectivity index (χ1) is 18.1. The molecule has 1 aliphatic rings. The molecule has 0 saturated heterocycles. The van der Waals surface area contributed by atoms with Crippen LogP contribution in [0.15, 0.2) is 79.0 Å². The zero-order valence-electron chi connectivity index (χ0n) is 21.3. The quantitative estimate of drug-likeness (QED) is 0.251. The summed E-state index contributed by atoms with van der Waals surface area (Å²) in [5.41, 5.74) is 2.39. The van der Waals surface area contributed by atoms with Crippen molar-refractivity contribution < 1.29 is 14.2 Å². The minimum absolute atomic E-state index is 0.148. The van der Waals surface area contributed by atoms with E-state index in [2.05, 4.69) is 22.4 Å². The summed E-state index contributed by atoms with van der Waals surface area (Å²) in [5.74, 6) is 2.74. The zero-order chi connectivity index (χ0) is 25.6. The van der Waals surface area contributed by atoms with Gasteiger partial charge in [-0.3, -0.25) is 0 Å². The summed E-state index contributed by atoms with van der Waals surface area (Å²) in [6, 6.07) is 24.6. The fourth-order valence-electron chi connectivity index (χ4n) is 5.28. The van der Waals surface area contributed by atoms with Crippen LogP contribution in [-0.4, -0.2) is 25.2 Å². The number of nitrogens with zero attached hydrogens (tertiary/aromatic N) is 1. The number of pyridine rings is 1. The Morgan fingerprint density at radius 3 is 2.43 bits per heavy atom. The Balaban J connectivity index is 1.23. The third-order valence-electron chi connectivity index (χ3n) is 7.27. The summed E-state index contributed by atoms with van der Waals surface area (Å²) in [5, 5.41) is 5.99. The van der Waals surface area contributed by atoms with Crippen LogP contribution >= 0.6 is 11.6 Å². The second-order valence-electron chi connectivity index (χ2n) is 9.59. The van der Waals surface area contributed by atoms with Crippen LogP contribution in [-0.2, 0) is 6.61 Å². The SMILES string of the molecule is CNC(c1ccc(OC)cc1)[C@H]1CC[C@H](Oc2cc3ccnc(OCc4ccccc4)c3cc2Cl)CC1. The largest absolute Gasteiger partial charge is 0.497 e. The minimum atomic E-state index is 0.148. The Morgan fingerprint density at radius 2 is 1.73 bits per heavy atom. The lowest BCUT2D eigenvalue weighted by Gasteiger charge is -2.34. The van der Waals surface area contributed by atoms with Gasteiger partial charge in [0.15, 0.2) is 0 Å². The number of fused-ring (bicyclic) bond motifs is 1. The molecule has 4 aromatic rings. The molecule has 192 valence electrons. The summed E-state index contributed by atoms with van der Waals surface area (Å²) in [7, 11) is 3.74. The van der Waals surface area contributed by atoms with E-state index < -0.39 is 0 Å². The highest BCUT2D eigenvalue weighted by Crippen LogP contribution is 2.39. The van der Waals surface area contributed by atoms with E-state index in [1.54, 1.807) is 13.3 Å².